The van der Waals surface area contributed by atoms with Crippen molar-refractivity contribution >= 4 is 7.60 Å². The molecule has 1 aromatic rings. The predicted octanol–water partition coefficient (Wildman–Crippen LogP) is 0.619. The van der Waals surface area contributed by atoms with E-state index in [0.29, 0.717) is 5.56 Å². The monoisotopic (exact) mass is 350 g/mol. The zero-order chi connectivity index (χ0) is 17.5. The molecule has 9 nitrogen and oxygen atoms in total. The maximum absolute atomic E-state index is 12.6. The van der Waals surface area contributed by atoms with Crippen LogP contribution < -0.4 is 11.2 Å². The van der Waals surface area contributed by atoms with Gasteiger partial charge in [-0.2, -0.15) is 0 Å². The van der Waals surface area contributed by atoms with Crippen LogP contribution in [0.3, 0.4) is 0 Å². The van der Waals surface area contributed by atoms with Crippen LogP contribution in [0.4, 0.5) is 0 Å². The summed E-state index contributed by atoms with van der Waals surface area (Å²) in [5.74, 6) is 0. The summed E-state index contributed by atoms with van der Waals surface area (Å²) in [5, 5.41) is 8.93. The topological polar surface area (TPSA) is 120 Å². The number of hydrogen-bond acceptors (Lipinski definition) is 7. The molecule has 23 heavy (non-hydrogen) atoms. The number of ether oxygens (including phenoxy) is 1. The van der Waals surface area contributed by atoms with Crippen molar-refractivity contribution in [2.24, 2.45) is 0 Å². The minimum atomic E-state index is -3.49. The quantitative estimate of drug-likeness (QED) is 0.594. The van der Waals surface area contributed by atoms with Gasteiger partial charge in [0.1, 0.15) is 6.23 Å². The van der Waals surface area contributed by atoms with Crippen LogP contribution in [0.1, 0.15) is 25.6 Å². The number of aromatic nitrogens is 2. The molecule has 0 radical (unpaired) electrons. The van der Waals surface area contributed by atoms with Crippen molar-refractivity contribution in [2.75, 3.05) is 32.6 Å². The SMILES string of the molecule is CCOP(=O)(C[C@@H](OCCO)n1cc(C)c(=O)[nH]c1=O)OCC. The number of aliphatic hydroxyl groups excluding tert-OH is 1. The van der Waals surface area contributed by atoms with E-state index in [-0.39, 0.29) is 32.6 Å². The van der Waals surface area contributed by atoms with Crippen LogP contribution in [0.15, 0.2) is 15.8 Å². The number of nitrogens with one attached hydrogen (secondary N) is 1. The van der Waals surface area contributed by atoms with Crippen LogP contribution in [0.25, 0.3) is 0 Å². The number of rotatable bonds is 10. The lowest BCUT2D eigenvalue weighted by Gasteiger charge is -2.24. The molecule has 0 aliphatic rings. The number of aryl methyl sites for hydroxylation is 1. The maximum Gasteiger partial charge on any atom is 0.335 e. The van der Waals surface area contributed by atoms with Crippen LogP contribution in [0.2, 0.25) is 0 Å². The van der Waals surface area contributed by atoms with E-state index in [1.54, 1.807) is 13.8 Å². The summed E-state index contributed by atoms with van der Waals surface area (Å²) in [6, 6.07) is 0. The number of nitrogens with zero attached hydrogens (tertiary/aromatic N) is 1. The Bertz CT molecular complexity index is 644. The molecule has 1 aromatic heterocycles. The third kappa shape index (κ3) is 5.71. The highest BCUT2D eigenvalue weighted by molar-refractivity contribution is 7.53. The van der Waals surface area contributed by atoms with Crippen molar-refractivity contribution in [3.05, 3.63) is 32.6 Å². The van der Waals surface area contributed by atoms with Gasteiger partial charge in [-0.25, -0.2) is 4.79 Å². The second-order valence-corrected chi connectivity index (χ2v) is 6.76. The second kappa shape index (κ2) is 9.14. The summed E-state index contributed by atoms with van der Waals surface area (Å²) in [4.78, 5) is 25.6. The molecule has 0 aromatic carbocycles. The van der Waals surface area contributed by atoms with Crippen LogP contribution in [0.5, 0.6) is 0 Å². The van der Waals surface area contributed by atoms with Crippen molar-refractivity contribution in [3.63, 3.8) is 0 Å². The van der Waals surface area contributed by atoms with Gasteiger partial charge >= 0.3 is 13.3 Å². The number of aromatic amines is 1. The maximum atomic E-state index is 12.6. The van der Waals surface area contributed by atoms with Gasteiger partial charge in [-0.15, -0.1) is 0 Å². The van der Waals surface area contributed by atoms with E-state index in [0.717, 1.165) is 4.57 Å². The molecular formula is C13H23N2O7P. The van der Waals surface area contributed by atoms with Gasteiger partial charge in [0.15, 0.2) is 0 Å². The summed E-state index contributed by atoms with van der Waals surface area (Å²) < 4.78 is 29.6. The summed E-state index contributed by atoms with van der Waals surface area (Å²) in [7, 11) is -3.49. The Morgan fingerprint density at radius 2 is 1.91 bits per heavy atom. The lowest BCUT2D eigenvalue weighted by Crippen LogP contribution is -2.36. The molecule has 0 saturated carbocycles. The van der Waals surface area contributed by atoms with Crippen LogP contribution in [0, 0.1) is 6.92 Å². The fraction of sp³-hybridized carbons (Fsp3) is 0.692. The predicted molar refractivity (Wildman–Crippen MR) is 83.9 cm³/mol. The summed E-state index contributed by atoms with van der Waals surface area (Å²) in [6.07, 6.45) is 0.0834. The largest absolute Gasteiger partial charge is 0.394 e. The van der Waals surface area contributed by atoms with Crippen molar-refractivity contribution in [3.8, 4) is 0 Å². The van der Waals surface area contributed by atoms with Crippen molar-refractivity contribution in [1.29, 1.82) is 0 Å². The first kappa shape index (κ1) is 19.8. The number of H-pyrrole nitrogens is 1. The zero-order valence-corrected chi connectivity index (χ0v) is 14.4. The van der Waals surface area contributed by atoms with E-state index in [4.69, 9.17) is 18.9 Å². The Morgan fingerprint density at radius 3 is 2.43 bits per heavy atom. The van der Waals surface area contributed by atoms with Crippen molar-refractivity contribution in [2.45, 2.75) is 27.0 Å². The minimum Gasteiger partial charge on any atom is -0.394 e. The summed E-state index contributed by atoms with van der Waals surface area (Å²) >= 11 is 0. The smallest absolute Gasteiger partial charge is 0.335 e. The Hall–Kier alpha value is -1.25. The molecular weight excluding hydrogens is 327 g/mol. The molecule has 1 rings (SSSR count). The van der Waals surface area contributed by atoms with Crippen molar-refractivity contribution < 1.29 is 23.5 Å². The average molecular weight is 350 g/mol. The van der Waals surface area contributed by atoms with Gasteiger partial charge < -0.3 is 18.9 Å². The van der Waals surface area contributed by atoms with Crippen LogP contribution in [-0.2, 0) is 18.3 Å². The fourth-order valence-electron chi connectivity index (χ4n) is 1.94. The molecule has 0 fully saturated rings. The van der Waals surface area contributed by atoms with Crippen LogP contribution >= 0.6 is 7.60 Å². The molecule has 0 spiro atoms. The first-order valence-corrected chi connectivity index (χ1v) is 9.02. The van der Waals surface area contributed by atoms with Gasteiger partial charge in [-0.1, -0.05) is 0 Å². The van der Waals surface area contributed by atoms with Gasteiger partial charge in [0.05, 0.1) is 32.6 Å². The molecule has 0 unspecified atom stereocenters. The van der Waals surface area contributed by atoms with E-state index in [9.17, 15) is 14.2 Å². The van der Waals surface area contributed by atoms with Crippen molar-refractivity contribution in [1.82, 2.24) is 9.55 Å². The van der Waals surface area contributed by atoms with E-state index in [1.807, 2.05) is 0 Å². The Morgan fingerprint density at radius 1 is 1.30 bits per heavy atom. The van der Waals surface area contributed by atoms with E-state index in [2.05, 4.69) is 4.98 Å². The average Bonchev–Trinajstić information content (AvgIpc) is 2.48. The molecule has 132 valence electrons. The molecule has 0 saturated heterocycles. The van der Waals surface area contributed by atoms with Gasteiger partial charge in [-0.05, 0) is 20.8 Å². The highest BCUT2D eigenvalue weighted by Crippen LogP contribution is 2.50. The molecule has 10 heteroatoms. The molecule has 2 N–H and O–H groups in total. The summed E-state index contributed by atoms with van der Waals surface area (Å²) in [6.45, 7) is 4.86. The third-order valence-electron chi connectivity index (χ3n) is 2.89. The molecule has 0 aliphatic carbocycles. The number of hydrogen-bond donors (Lipinski definition) is 2. The molecule has 1 heterocycles. The van der Waals surface area contributed by atoms with Gasteiger partial charge in [-0.3, -0.25) is 18.9 Å². The Balaban J connectivity index is 3.18. The minimum absolute atomic E-state index is 0.0759. The lowest BCUT2D eigenvalue weighted by molar-refractivity contribution is -0.00755. The first-order chi connectivity index (χ1) is 10.9. The van der Waals surface area contributed by atoms with Gasteiger partial charge in [0.2, 0.25) is 0 Å². The normalized spacial score (nSPS) is 13.2. The van der Waals surface area contributed by atoms with E-state index in [1.165, 1.54) is 13.1 Å². The molecule has 0 aliphatic heterocycles. The third-order valence-corrected chi connectivity index (χ3v) is 4.95. The van der Waals surface area contributed by atoms with Gasteiger partial charge in [0, 0.05) is 11.8 Å². The van der Waals surface area contributed by atoms with E-state index < -0.39 is 25.1 Å². The highest BCUT2D eigenvalue weighted by Gasteiger charge is 2.31. The molecule has 1 atom stereocenters. The fourth-order valence-corrected chi connectivity index (χ4v) is 3.67. The lowest BCUT2D eigenvalue weighted by atomic mass is 10.4. The van der Waals surface area contributed by atoms with Gasteiger partial charge in [0.25, 0.3) is 5.56 Å². The zero-order valence-electron chi connectivity index (χ0n) is 13.5. The number of aliphatic hydroxyl groups is 1. The Kier molecular flexibility index (Phi) is 7.87. The summed E-state index contributed by atoms with van der Waals surface area (Å²) in [5.41, 5.74) is -0.919. The molecule has 0 bridgehead atoms. The van der Waals surface area contributed by atoms with E-state index >= 15 is 0 Å². The van der Waals surface area contributed by atoms with Crippen LogP contribution in [-0.4, -0.2) is 47.2 Å². The second-order valence-electron chi connectivity index (χ2n) is 4.66. The molecule has 0 amide bonds. The standard InChI is InChI=1S/C13H23N2O7P/c1-4-21-23(19,22-5-2)9-11(20-7-6-16)15-8-10(3)12(17)14-13(15)18/h8,11,16H,4-7,9H2,1-3H3,(H,14,17,18)/t11-/m1/s1. The first-order valence-electron chi connectivity index (χ1n) is 7.29. The Labute approximate surface area is 133 Å². The highest BCUT2D eigenvalue weighted by atomic mass is 31.2.